The minimum atomic E-state index is -0.146. The number of aryl methyl sites for hydroxylation is 2. The number of aromatic nitrogens is 3. The van der Waals surface area contributed by atoms with Crippen LogP contribution in [0, 0.1) is 20.8 Å². The first kappa shape index (κ1) is 23.7. The molecule has 0 atom stereocenters. The van der Waals surface area contributed by atoms with Crippen molar-refractivity contribution in [3.8, 4) is 11.4 Å². The highest BCUT2D eigenvalue weighted by atomic mass is 35.5. The van der Waals surface area contributed by atoms with Gasteiger partial charge in [-0.2, -0.15) is 0 Å². The SMILES string of the molecule is COc1ccc2c(c1)c(Cc1cc(=O)n(-c3cc(C)cc(C)c3)[nH]1)c(C)n2C(=O)c1ccc(Cl)cc1. The van der Waals surface area contributed by atoms with Crippen molar-refractivity contribution in [1.29, 1.82) is 0 Å². The number of nitrogens with one attached hydrogen (secondary N) is 1. The molecule has 36 heavy (non-hydrogen) atoms. The highest BCUT2D eigenvalue weighted by molar-refractivity contribution is 6.30. The first-order chi connectivity index (χ1) is 17.2. The molecule has 0 spiro atoms. The quantitative estimate of drug-likeness (QED) is 0.323. The number of rotatable bonds is 5. The van der Waals surface area contributed by atoms with Crippen LogP contribution in [0.2, 0.25) is 5.02 Å². The molecular weight excluding hydrogens is 474 g/mol. The fraction of sp³-hybridized carbons (Fsp3) is 0.172. The Morgan fingerprint density at radius 2 is 1.64 bits per heavy atom. The van der Waals surface area contributed by atoms with E-state index in [0.29, 0.717) is 22.8 Å². The molecule has 1 N–H and O–H groups in total. The summed E-state index contributed by atoms with van der Waals surface area (Å²) in [5.41, 5.74) is 6.64. The molecule has 5 aromatic rings. The van der Waals surface area contributed by atoms with Gasteiger partial charge in [0, 0.05) is 39.8 Å². The van der Waals surface area contributed by atoms with Crippen molar-refractivity contribution in [2.24, 2.45) is 0 Å². The predicted octanol–water partition coefficient (Wildman–Crippen LogP) is 5.99. The molecule has 3 aromatic carbocycles. The molecule has 0 aliphatic rings. The summed E-state index contributed by atoms with van der Waals surface area (Å²) < 4.78 is 8.74. The zero-order chi connectivity index (χ0) is 25.6. The number of halogens is 1. The van der Waals surface area contributed by atoms with Crippen LogP contribution in [0.25, 0.3) is 16.6 Å². The Labute approximate surface area is 213 Å². The van der Waals surface area contributed by atoms with E-state index in [0.717, 1.165) is 44.7 Å². The Balaban J connectivity index is 1.62. The van der Waals surface area contributed by atoms with Gasteiger partial charge in [-0.1, -0.05) is 17.7 Å². The average molecular weight is 500 g/mol. The predicted molar refractivity (Wildman–Crippen MR) is 143 cm³/mol. The third-order valence-electron chi connectivity index (χ3n) is 6.44. The maximum absolute atomic E-state index is 13.5. The Morgan fingerprint density at radius 3 is 2.31 bits per heavy atom. The van der Waals surface area contributed by atoms with E-state index in [4.69, 9.17) is 16.3 Å². The van der Waals surface area contributed by atoms with Gasteiger partial charge in [0.1, 0.15) is 5.75 Å². The molecule has 0 saturated carbocycles. The van der Waals surface area contributed by atoms with E-state index in [-0.39, 0.29) is 11.5 Å². The maximum atomic E-state index is 13.5. The van der Waals surface area contributed by atoms with Crippen LogP contribution in [0.15, 0.2) is 71.5 Å². The van der Waals surface area contributed by atoms with Crippen LogP contribution < -0.4 is 10.3 Å². The van der Waals surface area contributed by atoms with Gasteiger partial charge >= 0.3 is 0 Å². The number of carbonyl (C=O) groups excluding carboxylic acids is 1. The van der Waals surface area contributed by atoms with Crippen LogP contribution in [-0.4, -0.2) is 27.4 Å². The third kappa shape index (κ3) is 4.25. The number of fused-ring (bicyclic) bond motifs is 1. The fourth-order valence-electron chi connectivity index (χ4n) is 4.79. The number of nitrogens with zero attached hydrogens (tertiary/aromatic N) is 2. The van der Waals surface area contributed by atoms with Crippen molar-refractivity contribution >= 4 is 28.4 Å². The Morgan fingerprint density at radius 1 is 0.944 bits per heavy atom. The van der Waals surface area contributed by atoms with E-state index < -0.39 is 0 Å². The summed E-state index contributed by atoms with van der Waals surface area (Å²) >= 11 is 6.03. The van der Waals surface area contributed by atoms with E-state index in [1.54, 1.807) is 46.7 Å². The molecule has 5 rings (SSSR count). The fourth-order valence-corrected chi connectivity index (χ4v) is 4.92. The second kappa shape index (κ2) is 9.21. The summed E-state index contributed by atoms with van der Waals surface area (Å²) in [7, 11) is 1.62. The molecule has 6 nitrogen and oxygen atoms in total. The number of methoxy groups -OCH3 is 1. The van der Waals surface area contributed by atoms with Crippen molar-refractivity contribution in [3.05, 3.63) is 116 Å². The molecule has 0 aliphatic carbocycles. The van der Waals surface area contributed by atoms with Gasteiger partial charge in [0.2, 0.25) is 0 Å². The van der Waals surface area contributed by atoms with Gasteiger partial charge in [0.15, 0.2) is 0 Å². The van der Waals surface area contributed by atoms with Crippen molar-refractivity contribution in [2.45, 2.75) is 27.2 Å². The second-order valence-corrected chi connectivity index (χ2v) is 9.51. The first-order valence-corrected chi connectivity index (χ1v) is 12.0. The molecule has 0 amide bonds. The largest absolute Gasteiger partial charge is 0.497 e. The summed E-state index contributed by atoms with van der Waals surface area (Å²) in [6.45, 7) is 5.94. The van der Waals surface area contributed by atoms with Gasteiger partial charge in [-0.05, 0) is 92.1 Å². The minimum Gasteiger partial charge on any atom is -0.497 e. The number of hydrogen-bond acceptors (Lipinski definition) is 3. The van der Waals surface area contributed by atoms with Crippen LogP contribution in [0.5, 0.6) is 5.75 Å². The number of hydrogen-bond donors (Lipinski definition) is 1. The van der Waals surface area contributed by atoms with Gasteiger partial charge in [0.05, 0.1) is 18.3 Å². The lowest BCUT2D eigenvalue weighted by molar-refractivity contribution is 0.0963. The Bertz CT molecular complexity index is 1650. The normalized spacial score (nSPS) is 11.2. The minimum absolute atomic E-state index is 0.133. The maximum Gasteiger partial charge on any atom is 0.271 e. The number of ether oxygens (including phenoxy) is 1. The summed E-state index contributed by atoms with van der Waals surface area (Å²) in [5, 5.41) is 4.73. The lowest BCUT2D eigenvalue weighted by atomic mass is 10.1. The molecule has 0 bridgehead atoms. The van der Waals surface area contributed by atoms with Gasteiger partial charge in [-0.25, -0.2) is 4.68 Å². The van der Waals surface area contributed by atoms with Crippen LogP contribution >= 0.6 is 11.6 Å². The number of benzene rings is 3. The van der Waals surface area contributed by atoms with Crippen LogP contribution in [0.3, 0.4) is 0 Å². The third-order valence-corrected chi connectivity index (χ3v) is 6.69. The van der Waals surface area contributed by atoms with Crippen molar-refractivity contribution < 1.29 is 9.53 Å². The molecule has 182 valence electrons. The summed E-state index contributed by atoms with van der Waals surface area (Å²) in [4.78, 5) is 26.4. The van der Waals surface area contributed by atoms with E-state index in [2.05, 4.69) is 11.2 Å². The zero-order valence-electron chi connectivity index (χ0n) is 20.6. The highest BCUT2D eigenvalue weighted by Gasteiger charge is 2.21. The highest BCUT2D eigenvalue weighted by Crippen LogP contribution is 2.31. The lowest BCUT2D eigenvalue weighted by Gasteiger charge is -2.08. The van der Waals surface area contributed by atoms with E-state index in [1.165, 1.54) is 0 Å². The topological polar surface area (TPSA) is 69.0 Å². The molecule has 0 saturated heterocycles. The van der Waals surface area contributed by atoms with Gasteiger partial charge in [-0.15, -0.1) is 0 Å². The van der Waals surface area contributed by atoms with E-state index in [9.17, 15) is 9.59 Å². The van der Waals surface area contributed by atoms with Crippen LogP contribution in [0.4, 0.5) is 0 Å². The Kier molecular flexibility index (Phi) is 6.06. The summed E-state index contributed by atoms with van der Waals surface area (Å²) in [6.07, 6.45) is 0.448. The molecule has 0 unspecified atom stereocenters. The monoisotopic (exact) mass is 499 g/mol. The summed E-state index contributed by atoms with van der Waals surface area (Å²) in [6, 6.07) is 20.2. The van der Waals surface area contributed by atoms with E-state index in [1.807, 2.05) is 51.1 Å². The standard InChI is InChI=1S/C29H26ClN3O3/c1-17-11-18(2)13-23(12-17)33-28(34)15-22(31-33)14-25-19(3)32(27-10-9-24(36-4)16-26(25)27)29(35)20-5-7-21(30)8-6-20/h5-13,15-16,31H,14H2,1-4H3. The smallest absolute Gasteiger partial charge is 0.271 e. The van der Waals surface area contributed by atoms with Crippen molar-refractivity contribution in [2.75, 3.05) is 7.11 Å². The molecule has 0 aliphatic heterocycles. The molecule has 0 fully saturated rings. The molecule has 2 heterocycles. The first-order valence-electron chi connectivity index (χ1n) is 11.6. The van der Waals surface area contributed by atoms with E-state index >= 15 is 0 Å². The zero-order valence-corrected chi connectivity index (χ0v) is 21.3. The second-order valence-electron chi connectivity index (χ2n) is 9.07. The molecule has 0 radical (unpaired) electrons. The van der Waals surface area contributed by atoms with Gasteiger partial charge in [0.25, 0.3) is 11.5 Å². The van der Waals surface area contributed by atoms with Crippen molar-refractivity contribution in [1.82, 2.24) is 14.3 Å². The Hall–Kier alpha value is -4.03. The lowest BCUT2D eigenvalue weighted by Crippen LogP contribution is -2.14. The summed E-state index contributed by atoms with van der Waals surface area (Å²) in [5.74, 6) is 0.549. The van der Waals surface area contributed by atoms with Gasteiger partial charge in [-0.3, -0.25) is 19.3 Å². The van der Waals surface area contributed by atoms with Gasteiger partial charge < -0.3 is 4.74 Å². The number of carbonyl (C=O) groups is 1. The molecule has 7 heteroatoms. The molecular formula is C29H26ClN3O3. The number of H-pyrrole nitrogens is 1. The van der Waals surface area contributed by atoms with Crippen LogP contribution in [0.1, 0.15) is 38.4 Å². The van der Waals surface area contributed by atoms with Crippen LogP contribution in [-0.2, 0) is 6.42 Å². The molecule has 2 aromatic heterocycles. The van der Waals surface area contributed by atoms with Crippen molar-refractivity contribution in [3.63, 3.8) is 0 Å². The number of aromatic amines is 1. The average Bonchev–Trinajstić information content (AvgIpc) is 3.35.